The fourth-order valence-corrected chi connectivity index (χ4v) is 2.46. The molecule has 0 radical (unpaired) electrons. The molecule has 20 heavy (non-hydrogen) atoms. The molecule has 1 aromatic rings. The van der Waals surface area contributed by atoms with E-state index >= 15 is 0 Å². The second kappa shape index (κ2) is 6.74. The average Bonchev–Trinajstić information content (AvgIpc) is 2.98. The van der Waals surface area contributed by atoms with Crippen molar-refractivity contribution in [1.29, 1.82) is 0 Å². The second-order valence-electron chi connectivity index (χ2n) is 4.76. The van der Waals surface area contributed by atoms with Gasteiger partial charge in [0.05, 0.1) is 11.9 Å². The summed E-state index contributed by atoms with van der Waals surface area (Å²) in [5, 5.41) is 7.12. The van der Waals surface area contributed by atoms with Gasteiger partial charge in [0.15, 0.2) is 0 Å². The summed E-state index contributed by atoms with van der Waals surface area (Å²) in [6.07, 6.45) is 4.09. The zero-order chi connectivity index (χ0) is 14.5. The van der Waals surface area contributed by atoms with E-state index in [2.05, 4.69) is 10.4 Å². The van der Waals surface area contributed by atoms with Crippen molar-refractivity contribution >= 4 is 23.2 Å². The molecule has 0 atom stereocenters. The minimum Gasteiger partial charge on any atom is -0.382 e. The number of amides is 1. The monoisotopic (exact) mass is 298 g/mol. The maximum absolute atomic E-state index is 11.9. The molecule has 0 saturated carbocycles. The molecule has 0 unspecified atom stereocenters. The van der Waals surface area contributed by atoms with Crippen LogP contribution in [0.4, 0.5) is 5.69 Å². The fourth-order valence-electron chi connectivity index (χ4n) is 2.24. The molecular weight excluding hydrogens is 280 g/mol. The van der Waals surface area contributed by atoms with Crippen LogP contribution in [-0.4, -0.2) is 40.2 Å². The maximum atomic E-state index is 11.9. The summed E-state index contributed by atoms with van der Waals surface area (Å²) in [6, 6.07) is 0. The molecule has 0 bridgehead atoms. The van der Waals surface area contributed by atoms with E-state index in [4.69, 9.17) is 11.6 Å². The third kappa shape index (κ3) is 3.30. The smallest absolute Gasteiger partial charge is 0.287 e. The number of carbonyl (C=O) groups excluding carboxylic acids is 1. The third-order valence-corrected chi connectivity index (χ3v) is 3.76. The largest absolute Gasteiger partial charge is 0.382 e. The van der Waals surface area contributed by atoms with Gasteiger partial charge in [-0.1, -0.05) is 11.6 Å². The van der Waals surface area contributed by atoms with Gasteiger partial charge in [0.1, 0.15) is 5.02 Å². The Kier molecular flexibility index (Phi) is 5.00. The molecule has 1 aliphatic rings. The molecule has 1 aromatic heterocycles. The number of hydrogen-bond acceptors (Lipinski definition) is 4. The summed E-state index contributed by atoms with van der Waals surface area (Å²) in [4.78, 5) is 25.5. The van der Waals surface area contributed by atoms with E-state index in [9.17, 15) is 9.59 Å². The Morgan fingerprint density at radius 1 is 1.45 bits per heavy atom. The van der Waals surface area contributed by atoms with E-state index in [1.807, 2.05) is 11.8 Å². The van der Waals surface area contributed by atoms with Crippen LogP contribution in [0.25, 0.3) is 0 Å². The van der Waals surface area contributed by atoms with E-state index < -0.39 is 0 Å². The molecule has 6 nitrogen and oxygen atoms in total. The van der Waals surface area contributed by atoms with Crippen LogP contribution in [0.3, 0.4) is 0 Å². The Morgan fingerprint density at radius 3 is 2.80 bits per heavy atom. The number of rotatable bonds is 5. The molecule has 1 N–H and O–H groups in total. The van der Waals surface area contributed by atoms with Gasteiger partial charge in [-0.3, -0.25) is 9.59 Å². The fraction of sp³-hybridized carbons (Fsp3) is 0.615. The van der Waals surface area contributed by atoms with Crippen molar-refractivity contribution in [2.45, 2.75) is 32.7 Å². The number of aromatic nitrogens is 2. The van der Waals surface area contributed by atoms with Crippen molar-refractivity contribution in [1.82, 2.24) is 14.7 Å². The minimum atomic E-state index is -0.315. The highest BCUT2D eigenvalue weighted by Gasteiger charge is 2.17. The van der Waals surface area contributed by atoms with Crippen LogP contribution < -0.4 is 10.9 Å². The summed E-state index contributed by atoms with van der Waals surface area (Å²) < 4.78 is 1.29. The summed E-state index contributed by atoms with van der Waals surface area (Å²) in [5.41, 5.74) is 0.167. The standard InChI is InChI=1S/C13H19ClN4O2/c1-2-18-13(20)12(14)10(9-16-18)15-6-5-11(19)17-7-3-4-8-17/h9,15H,2-8H2,1H3. The predicted molar refractivity (Wildman–Crippen MR) is 78.1 cm³/mol. The van der Waals surface area contributed by atoms with Crippen LogP contribution in [0.5, 0.6) is 0 Å². The number of nitrogens with zero attached hydrogens (tertiary/aromatic N) is 3. The van der Waals surface area contributed by atoms with Gasteiger partial charge in [-0.15, -0.1) is 0 Å². The van der Waals surface area contributed by atoms with Gasteiger partial charge in [0.2, 0.25) is 5.91 Å². The molecule has 1 saturated heterocycles. The van der Waals surface area contributed by atoms with E-state index in [1.165, 1.54) is 10.9 Å². The zero-order valence-electron chi connectivity index (χ0n) is 11.6. The number of anilines is 1. The van der Waals surface area contributed by atoms with Crippen molar-refractivity contribution in [3.63, 3.8) is 0 Å². The molecule has 1 aliphatic heterocycles. The number of carbonyl (C=O) groups is 1. The van der Waals surface area contributed by atoms with Gasteiger partial charge in [0, 0.05) is 32.6 Å². The van der Waals surface area contributed by atoms with Crippen LogP contribution in [0, 0.1) is 0 Å². The molecular formula is C13H19ClN4O2. The topological polar surface area (TPSA) is 67.2 Å². The maximum Gasteiger partial charge on any atom is 0.287 e. The molecule has 2 rings (SSSR count). The first-order valence-corrected chi connectivity index (χ1v) is 7.28. The van der Waals surface area contributed by atoms with Crippen LogP contribution in [0.2, 0.25) is 5.02 Å². The number of aryl methyl sites for hydroxylation is 1. The quantitative estimate of drug-likeness (QED) is 0.891. The lowest BCUT2D eigenvalue weighted by Gasteiger charge is -2.15. The normalized spacial score (nSPS) is 14.6. The molecule has 110 valence electrons. The van der Waals surface area contributed by atoms with Gasteiger partial charge < -0.3 is 10.2 Å². The van der Waals surface area contributed by atoms with Gasteiger partial charge in [-0.05, 0) is 19.8 Å². The Labute approximate surface area is 122 Å². The van der Waals surface area contributed by atoms with Crippen molar-refractivity contribution < 1.29 is 4.79 Å². The predicted octanol–water partition coefficient (Wildman–Crippen LogP) is 1.34. The molecule has 1 fully saturated rings. The first kappa shape index (κ1) is 14.8. The van der Waals surface area contributed by atoms with Crippen molar-refractivity contribution in [2.24, 2.45) is 0 Å². The minimum absolute atomic E-state index is 0.121. The Balaban J connectivity index is 1.89. The highest BCUT2D eigenvalue weighted by atomic mass is 35.5. The molecule has 0 spiro atoms. The molecule has 7 heteroatoms. The van der Waals surface area contributed by atoms with Crippen molar-refractivity contribution in [2.75, 3.05) is 25.0 Å². The molecule has 2 heterocycles. The number of nitrogens with one attached hydrogen (secondary N) is 1. The van der Waals surface area contributed by atoms with Crippen LogP contribution in [0.15, 0.2) is 11.0 Å². The first-order chi connectivity index (χ1) is 9.63. The second-order valence-corrected chi connectivity index (χ2v) is 5.14. The summed E-state index contributed by atoms with van der Waals surface area (Å²) in [7, 11) is 0. The van der Waals surface area contributed by atoms with Gasteiger partial charge in [-0.25, -0.2) is 4.68 Å². The Morgan fingerprint density at radius 2 is 2.15 bits per heavy atom. The molecule has 0 aromatic carbocycles. The van der Waals surface area contributed by atoms with Crippen LogP contribution >= 0.6 is 11.6 Å². The molecule has 0 aliphatic carbocycles. The lowest BCUT2D eigenvalue weighted by molar-refractivity contribution is -0.129. The van der Waals surface area contributed by atoms with Gasteiger partial charge >= 0.3 is 0 Å². The first-order valence-electron chi connectivity index (χ1n) is 6.90. The van der Waals surface area contributed by atoms with Gasteiger partial charge in [-0.2, -0.15) is 5.10 Å². The van der Waals surface area contributed by atoms with E-state index in [1.54, 1.807) is 0 Å². The lowest BCUT2D eigenvalue weighted by atomic mass is 10.3. The SMILES string of the molecule is CCn1ncc(NCCC(=O)N2CCCC2)c(Cl)c1=O. The van der Waals surface area contributed by atoms with Crippen molar-refractivity contribution in [3.8, 4) is 0 Å². The zero-order valence-corrected chi connectivity index (χ0v) is 12.3. The van der Waals surface area contributed by atoms with E-state index in [-0.39, 0.29) is 16.5 Å². The summed E-state index contributed by atoms with van der Waals surface area (Å²) in [6.45, 7) is 4.46. The number of hydrogen-bond donors (Lipinski definition) is 1. The third-order valence-electron chi connectivity index (χ3n) is 3.40. The Hall–Kier alpha value is -1.56. The van der Waals surface area contributed by atoms with Crippen LogP contribution in [-0.2, 0) is 11.3 Å². The van der Waals surface area contributed by atoms with E-state index in [0.29, 0.717) is 25.2 Å². The average molecular weight is 299 g/mol. The summed E-state index contributed by atoms with van der Waals surface area (Å²) >= 11 is 5.99. The summed E-state index contributed by atoms with van der Waals surface area (Å²) in [5.74, 6) is 0.140. The highest BCUT2D eigenvalue weighted by molar-refractivity contribution is 6.32. The molecule has 1 amide bonds. The number of likely N-dealkylation sites (tertiary alicyclic amines) is 1. The van der Waals surface area contributed by atoms with Gasteiger partial charge in [0.25, 0.3) is 5.56 Å². The van der Waals surface area contributed by atoms with Crippen molar-refractivity contribution in [3.05, 3.63) is 21.6 Å². The lowest BCUT2D eigenvalue weighted by Crippen LogP contribution is -2.29. The van der Waals surface area contributed by atoms with E-state index in [0.717, 1.165) is 25.9 Å². The number of halogens is 1. The van der Waals surface area contributed by atoms with Crippen LogP contribution in [0.1, 0.15) is 26.2 Å². The highest BCUT2D eigenvalue weighted by Crippen LogP contribution is 2.15. The Bertz CT molecular complexity index is 538.